The molecule has 1 aromatic heterocycles. The zero-order valence-corrected chi connectivity index (χ0v) is 14.1. The first-order chi connectivity index (χ1) is 11.9. The van der Waals surface area contributed by atoms with E-state index in [1.807, 2.05) is 0 Å². The molecule has 24 heavy (non-hydrogen) atoms. The lowest BCUT2D eigenvalue weighted by Crippen LogP contribution is -2.46. The van der Waals surface area contributed by atoms with Gasteiger partial charge in [0.05, 0.1) is 0 Å². The van der Waals surface area contributed by atoms with Crippen LogP contribution in [0.3, 0.4) is 0 Å². The molecule has 126 valence electrons. The summed E-state index contributed by atoms with van der Waals surface area (Å²) in [7, 11) is 0. The van der Waals surface area contributed by atoms with E-state index in [0.717, 1.165) is 50.9 Å². The minimum Gasteiger partial charge on any atom is -0.368 e. The first kappa shape index (κ1) is 15.2. The standard InChI is InChI=1S/C19H25N5/c1-3-7-17(8-4-1)22-11-13-24(14-12-22)19-15-18(20-16-21-19)23-9-5-2-6-10-23/h1,3-4,7-8,15-16H,2,5-6,9-14H2. The normalized spacial score (nSPS) is 18.8. The van der Waals surface area contributed by atoms with Gasteiger partial charge in [0.15, 0.2) is 0 Å². The molecule has 0 spiro atoms. The summed E-state index contributed by atoms with van der Waals surface area (Å²) in [5.74, 6) is 2.16. The van der Waals surface area contributed by atoms with Crippen molar-refractivity contribution in [2.75, 3.05) is 54.0 Å². The highest BCUT2D eigenvalue weighted by atomic mass is 15.3. The maximum atomic E-state index is 4.53. The van der Waals surface area contributed by atoms with Crippen molar-refractivity contribution in [2.24, 2.45) is 0 Å². The fourth-order valence-corrected chi connectivity index (χ4v) is 3.64. The third-order valence-corrected chi connectivity index (χ3v) is 5.04. The van der Waals surface area contributed by atoms with Crippen LogP contribution in [-0.2, 0) is 0 Å². The average Bonchev–Trinajstić information content (AvgIpc) is 2.70. The molecular weight excluding hydrogens is 298 g/mol. The Morgan fingerprint density at radius 2 is 1.21 bits per heavy atom. The van der Waals surface area contributed by atoms with Crippen molar-refractivity contribution < 1.29 is 0 Å². The number of para-hydroxylation sites is 1. The predicted octanol–water partition coefficient (Wildman–Crippen LogP) is 2.79. The molecule has 2 fully saturated rings. The molecule has 0 aliphatic carbocycles. The van der Waals surface area contributed by atoms with Crippen molar-refractivity contribution in [1.29, 1.82) is 0 Å². The number of piperazine rings is 1. The minimum atomic E-state index is 1.01. The number of benzene rings is 1. The Bertz CT molecular complexity index is 646. The van der Waals surface area contributed by atoms with E-state index in [4.69, 9.17) is 0 Å². The first-order valence-electron chi connectivity index (χ1n) is 9.02. The van der Waals surface area contributed by atoms with Gasteiger partial charge < -0.3 is 14.7 Å². The Morgan fingerprint density at radius 3 is 1.88 bits per heavy atom. The summed E-state index contributed by atoms with van der Waals surface area (Å²) >= 11 is 0. The van der Waals surface area contributed by atoms with Gasteiger partial charge in [0, 0.05) is 51.0 Å². The Hall–Kier alpha value is -2.30. The van der Waals surface area contributed by atoms with E-state index in [1.165, 1.54) is 24.9 Å². The largest absolute Gasteiger partial charge is 0.368 e. The van der Waals surface area contributed by atoms with Crippen molar-refractivity contribution in [1.82, 2.24) is 9.97 Å². The fourth-order valence-electron chi connectivity index (χ4n) is 3.64. The maximum Gasteiger partial charge on any atom is 0.134 e. The van der Waals surface area contributed by atoms with Crippen molar-refractivity contribution in [3.8, 4) is 0 Å². The molecule has 2 aliphatic heterocycles. The molecular formula is C19H25N5. The van der Waals surface area contributed by atoms with E-state index >= 15 is 0 Å². The second-order valence-electron chi connectivity index (χ2n) is 6.59. The number of anilines is 3. The van der Waals surface area contributed by atoms with Crippen LogP contribution in [0, 0.1) is 0 Å². The summed E-state index contributed by atoms with van der Waals surface area (Å²) in [5.41, 5.74) is 1.31. The second kappa shape index (κ2) is 7.07. The molecule has 3 heterocycles. The van der Waals surface area contributed by atoms with Crippen LogP contribution in [-0.4, -0.2) is 49.2 Å². The molecule has 2 aromatic rings. The second-order valence-corrected chi connectivity index (χ2v) is 6.59. The molecule has 0 atom stereocenters. The van der Waals surface area contributed by atoms with Crippen molar-refractivity contribution in [3.63, 3.8) is 0 Å². The topological polar surface area (TPSA) is 35.5 Å². The molecule has 0 N–H and O–H groups in total. The van der Waals surface area contributed by atoms with Crippen LogP contribution in [0.25, 0.3) is 0 Å². The van der Waals surface area contributed by atoms with Gasteiger partial charge in [0.1, 0.15) is 18.0 Å². The number of hydrogen-bond donors (Lipinski definition) is 0. The summed E-state index contributed by atoms with van der Waals surface area (Å²) < 4.78 is 0. The number of rotatable bonds is 3. The van der Waals surface area contributed by atoms with E-state index in [0.29, 0.717) is 0 Å². The molecule has 0 bridgehead atoms. The lowest BCUT2D eigenvalue weighted by Gasteiger charge is -2.37. The maximum absolute atomic E-state index is 4.53. The summed E-state index contributed by atoms with van der Waals surface area (Å²) in [6, 6.07) is 12.8. The molecule has 0 radical (unpaired) electrons. The zero-order chi connectivity index (χ0) is 16.2. The highest BCUT2D eigenvalue weighted by Gasteiger charge is 2.20. The van der Waals surface area contributed by atoms with Crippen LogP contribution in [0.5, 0.6) is 0 Å². The molecule has 5 heteroatoms. The summed E-state index contributed by atoms with van der Waals surface area (Å²) in [6.07, 6.45) is 5.61. The predicted molar refractivity (Wildman–Crippen MR) is 99.0 cm³/mol. The van der Waals surface area contributed by atoms with Gasteiger partial charge in [0.25, 0.3) is 0 Å². The van der Waals surface area contributed by atoms with Gasteiger partial charge in [-0.15, -0.1) is 0 Å². The quantitative estimate of drug-likeness (QED) is 0.868. The fraction of sp³-hybridized carbons (Fsp3) is 0.474. The van der Waals surface area contributed by atoms with E-state index < -0.39 is 0 Å². The highest BCUT2D eigenvalue weighted by molar-refractivity contribution is 5.53. The van der Waals surface area contributed by atoms with Gasteiger partial charge in [-0.25, -0.2) is 9.97 Å². The molecule has 0 amide bonds. The van der Waals surface area contributed by atoms with Gasteiger partial charge in [-0.1, -0.05) is 18.2 Å². The monoisotopic (exact) mass is 323 g/mol. The molecule has 2 saturated heterocycles. The summed E-state index contributed by atoms with van der Waals surface area (Å²) in [6.45, 7) is 6.33. The number of piperidine rings is 1. The number of nitrogens with zero attached hydrogens (tertiary/aromatic N) is 5. The van der Waals surface area contributed by atoms with Crippen molar-refractivity contribution >= 4 is 17.3 Å². The minimum absolute atomic E-state index is 1.01. The number of hydrogen-bond acceptors (Lipinski definition) is 5. The highest BCUT2D eigenvalue weighted by Crippen LogP contribution is 2.23. The smallest absolute Gasteiger partial charge is 0.134 e. The Morgan fingerprint density at radius 1 is 0.625 bits per heavy atom. The van der Waals surface area contributed by atoms with Gasteiger partial charge in [-0.05, 0) is 31.4 Å². The van der Waals surface area contributed by atoms with E-state index in [9.17, 15) is 0 Å². The molecule has 0 saturated carbocycles. The lowest BCUT2D eigenvalue weighted by molar-refractivity contribution is 0.572. The van der Waals surface area contributed by atoms with Crippen LogP contribution in [0.1, 0.15) is 19.3 Å². The average molecular weight is 323 g/mol. The van der Waals surface area contributed by atoms with Gasteiger partial charge in [-0.2, -0.15) is 0 Å². The van der Waals surface area contributed by atoms with Crippen molar-refractivity contribution in [3.05, 3.63) is 42.7 Å². The van der Waals surface area contributed by atoms with Crippen molar-refractivity contribution in [2.45, 2.75) is 19.3 Å². The summed E-state index contributed by atoms with van der Waals surface area (Å²) in [5, 5.41) is 0. The Labute approximate surface area is 143 Å². The molecule has 2 aliphatic rings. The third-order valence-electron chi connectivity index (χ3n) is 5.04. The molecule has 5 nitrogen and oxygen atoms in total. The lowest BCUT2D eigenvalue weighted by atomic mass is 10.1. The van der Waals surface area contributed by atoms with Crippen LogP contribution in [0.4, 0.5) is 17.3 Å². The third kappa shape index (κ3) is 3.30. The molecule has 0 unspecified atom stereocenters. The van der Waals surface area contributed by atoms with Crippen LogP contribution in [0.2, 0.25) is 0 Å². The molecule has 1 aromatic carbocycles. The SMILES string of the molecule is c1ccc(N2CCN(c3cc(N4CCCCC4)ncn3)CC2)cc1. The van der Waals surface area contributed by atoms with E-state index in [2.05, 4.69) is 61.1 Å². The Balaban J connectivity index is 1.42. The number of aromatic nitrogens is 2. The van der Waals surface area contributed by atoms with Gasteiger partial charge in [0.2, 0.25) is 0 Å². The first-order valence-corrected chi connectivity index (χ1v) is 9.02. The van der Waals surface area contributed by atoms with Gasteiger partial charge in [-0.3, -0.25) is 0 Å². The zero-order valence-electron chi connectivity index (χ0n) is 14.1. The Kier molecular flexibility index (Phi) is 4.49. The molecule has 4 rings (SSSR count). The van der Waals surface area contributed by atoms with E-state index in [-0.39, 0.29) is 0 Å². The summed E-state index contributed by atoms with van der Waals surface area (Å²) in [4.78, 5) is 16.3. The van der Waals surface area contributed by atoms with Crippen LogP contribution >= 0.6 is 0 Å². The van der Waals surface area contributed by atoms with Gasteiger partial charge >= 0.3 is 0 Å². The van der Waals surface area contributed by atoms with Crippen LogP contribution < -0.4 is 14.7 Å². The van der Waals surface area contributed by atoms with E-state index in [1.54, 1.807) is 6.33 Å². The van der Waals surface area contributed by atoms with Crippen LogP contribution in [0.15, 0.2) is 42.7 Å².